The Morgan fingerprint density at radius 1 is 0.879 bits per heavy atom. The molecule has 2 fully saturated rings. The van der Waals surface area contributed by atoms with Crippen LogP contribution in [0.3, 0.4) is 0 Å². The Balaban J connectivity index is 0.000000331. The minimum absolute atomic E-state index is 0.0309. The molecule has 2 saturated carbocycles. The monoisotopic (exact) mass is 468 g/mol. The molecule has 0 aromatic rings. The van der Waals surface area contributed by atoms with Crippen LogP contribution in [0.2, 0.25) is 0 Å². The molecule has 0 aromatic heterocycles. The maximum atomic E-state index is 11.9. The van der Waals surface area contributed by atoms with Gasteiger partial charge >= 0.3 is 23.9 Å². The molecular weight excluding hydrogens is 428 g/mol. The first-order valence-corrected chi connectivity index (χ1v) is 11.8. The number of hydrogen-bond donors (Lipinski definition) is 2. The summed E-state index contributed by atoms with van der Waals surface area (Å²) in [5.74, 6) is -2.18. The minimum atomic E-state index is -0.859. The van der Waals surface area contributed by atoms with Gasteiger partial charge in [-0.25, -0.2) is 0 Å². The third-order valence-corrected chi connectivity index (χ3v) is 6.39. The molecule has 0 unspecified atom stereocenters. The summed E-state index contributed by atoms with van der Waals surface area (Å²) in [5, 5.41) is 17.9. The van der Waals surface area contributed by atoms with Crippen LogP contribution in [0.15, 0.2) is 12.7 Å². The Morgan fingerprint density at radius 2 is 1.36 bits per heavy atom. The van der Waals surface area contributed by atoms with E-state index < -0.39 is 28.4 Å². The fourth-order valence-electron chi connectivity index (χ4n) is 4.60. The highest BCUT2D eigenvalue weighted by Gasteiger charge is 2.43. The van der Waals surface area contributed by atoms with Crippen molar-refractivity contribution in [3.63, 3.8) is 0 Å². The number of hydrogen-bond acceptors (Lipinski definition) is 6. The Kier molecular flexibility index (Phi) is 11.1. The normalized spacial score (nSPS) is 18.5. The molecule has 2 rings (SSSR count). The summed E-state index contributed by atoms with van der Waals surface area (Å²) in [4.78, 5) is 45.3. The van der Waals surface area contributed by atoms with E-state index >= 15 is 0 Å². The van der Waals surface area contributed by atoms with Gasteiger partial charge in [0, 0.05) is 12.8 Å². The number of aliphatic carboxylic acids is 2. The molecule has 0 aliphatic heterocycles. The van der Waals surface area contributed by atoms with Crippen molar-refractivity contribution in [3.05, 3.63) is 12.7 Å². The van der Waals surface area contributed by atoms with Gasteiger partial charge in [-0.05, 0) is 59.3 Å². The van der Waals surface area contributed by atoms with Crippen LogP contribution in [0.4, 0.5) is 0 Å². The lowest BCUT2D eigenvalue weighted by molar-refractivity contribution is -0.158. The van der Waals surface area contributed by atoms with Gasteiger partial charge in [-0.1, -0.05) is 38.3 Å². The second kappa shape index (κ2) is 12.8. The zero-order chi connectivity index (χ0) is 25.1. The van der Waals surface area contributed by atoms with Crippen molar-refractivity contribution >= 4 is 23.9 Å². The van der Waals surface area contributed by atoms with Crippen LogP contribution in [0.1, 0.15) is 97.8 Å². The van der Waals surface area contributed by atoms with Crippen LogP contribution in [0, 0.1) is 10.8 Å². The molecule has 0 heterocycles. The molecule has 2 aliphatic rings. The Labute approximate surface area is 196 Å². The third kappa shape index (κ3) is 9.56. The zero-order valence-corrected chi connectivity index (χ0v) is 20.3. The smallest absolute Gasteiger partial charge is 0.312 e. The van der Waals surface area contributed by atoms with Crippen molar-refractivity contribution in [1.82, 2.24) is 0 Å². The predicted octanol–water partition coefficient (Wildman–Crippen LogP) is 4.89. The Bertz CT molecular complexity index is 692. The summed E-state index contributed by atoms with van der Waals surface area (Å²) < 4.78 is 10.3. The summed E-state index contributed by atoms with van der Waals surface area (Å²) in [6.45, 7) is 9.13. The fourth-order valence-corrected chi connectivity index (χ4v) is 4.60. The molecule has 0 bridgehead atoms. The molecule has 8 heteroatoms. The molecule has 0 amide bonds. The van der Waals surface area contributed by atoms with Gasteiger partial charge in [-0.15, -0.1) is 0 Å². The highest BCUT2D eigenvalue weighted by Crippen LogP contribution is 2.43. The second-order valence-corrected chi connectivity index (χ2v) is 10.1. The zero-order valence-electron chi connectivity index (χ0n) is 20.3. The van der Waals surface area contributed by atoms with E-state index in [1.165, 1.54) is 6.08 Å². The van der Waals surface area contributed by atoms with Crippen LogP contribution in [-0.2, 0) is 28.7 Å². The number of carbonyl (C=O) groups excluding carboxylic acids is 2. The average molecular weight is 469 g/mol. The third-order valence-electron chi connectivity index (χ3n) is 6.39. The summed E-state index contributed by atoms with van der Waals surface area (Å²) in [5.41, 5.74) is -1.73. The maximum absolute atomic E-state index is 11.9. The van der Waals surface area contributed by atoms with Crippen LogP contribution in [0.5, 0.6) is 0 Å². The van der Waals surface area contributed by atoms with Crippen LogP contribution < -0.4 is 0 Å². The van der Waals surface area contributed by atoms with Crippen molar-refractivity contribution < 1.29 is 38.9 Å². The first kappa shape index (κ1) is 28.7. The molecule has 0 spiro atoms. The van der Waals surface area contributed by atoms with Crippen molar-refractivity contribution in [2.45, 2.75) is 103 Å². The van der Waals surface area contributed by atoms with Gasteiger partial charge < -0.3 is 19.7 Å². The van der Waals surface area contributed by atoms with Gasteiger partial charge in [0.2, 0.25) is 0 Å². The van der Waals surface area contributed by atoms with E-state index in [2.05, 4.69) is 6.58 Å². The molecule has 0 radical (unpaired) electrons. The van der Waals surface area contributed by atoms with Gasteiger partial charge in [0.05, 0.1) is 10.8 Å². The van der Waals surface area contributed by atoms with Gasteiger partial charge in [0.1, 0.15) is 12.2 Å². The maximum Gasteiger partial charge on any atom is 0.312 e. The van der Waals surface area contributed by atoms with Crippen molar-refractivity contribution in [3.8, 4) is 0 Å². The number of esters is 2. The van der Waals surface area contributed by atoms with Crippen LogP contribution in [0.25, 0.3) is 0 Å². The Morgan fingerprint density at radius 3 is 1.79 bits per heavy atom. The van der Waals surface area contributed by atoms with E-state index in [0.717, 1.165) is 38.5 Å². The van der Waals surface area contributed by atoms with Gasteiger partial charge in [0.15, 0.2) is 0 Å². The number of carboxylic acid groups (broad SMARTS) is 2. The molecule has 2 aliphatic carbocycles. The van der Waals surface area contributed by atoms with Crippen LogP contribution in [-0.4, -0.2) is 46.3 Å². The second-order valence-electron chi connectivity index (χ2n) is 10.1. The lowest BCUT2D eigenvalue weighted by Gasteiger charge is -2.25. The average Bonchev–Trinajstić information content (AvgIpc) is 3.39. The molecule has 0 atom stereocenters. The number of rotatable bonds is 10. The number of carbonyl (C=O) groups is 4. The predicted molar refractivity (Wildman–Crippen MR) is 123 cm³/mol. The lowest BCUT2D eigenvalue weighted by atomic mass is 9.81. The SMILES string of the molecule is C=CCOC(=O)C1(CCC(=O)O)CCCC1.CC(C)(C)OC(=O)CCC1(C(=O)O)CCCC1. The number of carboxylic acids is 2. The molecule has 8 nitrogen and oxygen atoms in total. The molecule has 188 valence electrons. The number of ether oxygens (including phenoxy) is 2. The molecular formula is C25H40O8. The summed E-state index contributed by atoms with van der Waals surface area (Å²) in [6, 6.07) is 0. The summed E-state index contributed by atoms with van der Waals surface area (Å²) >= 11 is 0. The molecule has 0 aromatic carbocycles. The fraction of sp³-hybridized carbons (Fsp3) is 0.760. The topological polar surface area (TPSA) is 127 Å². The first-order valence-electron chi connectivity index (χ1n) is 11.8. The standard InChI is InChI=1S/C13H22O4.C12H18O4/c1-12(2,3)17-10(14)6-9-13(11(15)16)7-4-5-8-13;1-2-9-16-11(15)12(6-3-4-7-12)8-5-10(13)14/h4-9H2,1-3H3,(H,15,16);2H,1,3-9H2,(H,13,14). The summed E-state index contributed by atoms with van der Waals surface area (Å²) in [7, 11) is 0. The largest absolute Gasteiger partial charge is 0.481 e. The molecule has 33 heavy (non-hydrogen) atoms. The quantitative estimate of drug-likeness (QED) is 0.342. The molecule has 2 N–H and O–H groups in total. The van der Waals surface area contributed by atoms with Crippen molar-refractivity contribution in [2.75, 3.05) is 6.61 Å². The highest BCUT2D eigenvalue weighted by molar-refractivity contribution is 5.78. The van der Waals surface area contributed by atoms with Gasteiger partial charge in [0.25, 0.3) is 0 Å². The highest BCUT2D eigenvalue weighted by atomic mass is 16.6. The lowest BCUT2D eigenvalue weighted by Crippen LogP contribution is -2.31. The molecule has 0 saturated heterocycles. The Hall–Kier alpha value is -2.38. The van der Waals surface area contributed by atoms with Crippen molar-refractivity contribution in [1.29, 1.82) is 0 Å². The summed E-state index contributed by atoms with van der Waals surface area (Å²) in [6.07, 6.45) is 9.25. The van der Waals surface area contributed by atoms with E-state index in [1.807, 2.05) is 20.8 Å². The van der Waals surface area contributed by atoms with E-state index in [9.17, 15) is 24.3 Å². The van der Waals surface area contributed by atoms with Gasteiger partial charge in [-0.2, -0.15) is 0 Å². The van der Waals surface area contributed by atoms with Crippen LogP contribution >= 0.6 is 0 Å². The first-order chi connectivity index (χ1) is 15.4. The van der Waals surface area contributed by atoms with E-state index in [1.54, 1.807) is 0 Å². The van der Waals surface area contributed by atoms with Gasteiger partial charge in [-0.3, -0.25) is 19.2 Å². The van der Waals surface area contributed by atoms with E-state index in [4.69, 9.17) is 14.6 Å². The van der Waals surface area contributed by atoms with E-state index in [-0.39, 0.29) is 31.4 Å². The van der Waals surface area contributed by atoms with E-state index in [0.29, 0.717) is 25.7 Å². The van der Waals surface area contributed by atoms with Crippen molar-refractivity contribution in [2.24, 2.45) is 10.8 Å². The minimum Gasteiger partial charge on any atom is -0.481 e.